The van der Waals surface area contributed by atoms with Crippen molar-refractivity contribution in [2.45, 2.75) is 37.2 Å². The smallest absolute Gasteiger partial charge is 0.251 e. The summed E-state index contributed by atoms with van der Waals surface area (Å²) >= 11 is 0. The lowest BCUT2D eigenvalue weighted by molar-refractivity contribution is 0.0949. The molecule has 8 heteroatoms. The van der Waals surface area contributed by atoms with E-state index in [2.05, 4.69) is 20.0 Å². The van der Waals surface area contributed by atoms with Gasteiger partial charge in [0.25, 0.3) is 5.91 Å². The van der Waals surface area contributed by atoms with Crippen LogP contribution in [-0.2, 0) is 16.6 Å². The van der Waals surface area contributed by atoms with Crippen molar-refractivity contribution in [3.8, 4) is 0 Å². The van der Waals surface area contributed by atoms with Gasteiger partial charge in [0.1, 0.15) is 5.82 Å². The van der Waals surface area contributed by atoms with Gasteiger partial charge in [-0.3, -0.25) is 4.79 Å². The molecule has 1 saturated carbocycles. The fourth-order valence-corrected chi connectivity index (χ4v) is 4.18. The number of sulfonamides is 1. The molecule has 3 N–H and O–H groups in total. The molecule has 7 nitrogen and oxygen atoms in total. The Hall–Kier alpha value is -2.71. The number of rotatable bonds is 6. The van der Waals surface area contributed by atoms with E-state index in [-0.39, 0.29) is 23.4 Å². The number of hydrogen-bond donors (Lipinski definition) is 3. The summed E-state index contributed by atoms with van der Waals surface area (Å²) in [6.07, 6.45) is 1.71. The van der Waals surface area contributed by atoms with Crippen LogP contribution in [0.3, 0.4) is 0 Å². The molecule has 3 aromatic rings. The molecule has 27 heavy (non-hydrogen) atoms. The standard InChI is InChI=1S/C19H20N4O3S/c1-12-6-9-14(27(25,26)23-13-7-8-13)10-15(12)19(24)20-11-18-21-16-4-2-3-5-17(16)22-18/h2-6,9-10,13,23H,7-8,11H2,1H3,(H,20,24)(H,21,22). The van der Waals surface area contributed by atoms with Crippen molar-refractivity contribution in [2.24, 2.45) is 0 Å². The monoisotopic (exact) mass is 384 g/mol. The molecular formula is C19H20N4O3S. The second kappa shape index (κ2) is 6.79. The van der Waals surface area contributed by atoms with Gasteiger partial charge in [-0.1, -0.05) is 18.2 Å². The van der Waals surface area contributed by atoms with E-state index in [1.165, 1.54) is 12.1 Å². The van der Waals surface area contributed by atoms with E-state index in [4.69, 9.17) is 0 Å². The van der Waals surface area contributed by atoms with E-state index in [0.717, 1.165) is 23.9 Å². The van der Waals surface area contributed by atoms with Crippen molar-refractivity contribution in [2.75, 3.05) is 0 Å². The Bertz CT molecular complexity index is 1080. The van der Waals surface area contributed by atoms with Gasteiger partial charge in [0.05, 0.1) is 22.5 Å². The minimum absolute atomic E-state index is 0.0154. The molecule has 0 saturated heterocycles. The van der Waals surface area contributed by atoms with Gasteiger partial charge in [0.2, 0.25) is 10.0 Å². The predicted molar refractivity (Wildman–Crippen MR) is 102 cm³/mol. The molecule has 2 aromatic carbocycles. The number of hydrogen-bond acceptors (Lipinski definition) is 4. The molecule has 1 aliphatic carbocycles. The Labute approximate surface area is 157 Å². The first-order valence-corrected chi connectivity index (χ1v) is 10.3. The summed E-state index contributed by atoms with van der Waals surface area (Å²) in [6.45, 7) is 2.01. The Kier molecular flexibility index (Phi) is 4.45. The highest BCUT2D eigenvalue weighted by Crippen LogP contribution is 2.23. The first kappa shape index (κ1) is 17.7. The number of fused-ring (bicyclic) bond motifs is 1. The zero-order valence-electron chi connectivity index (χ0n) is 14.8. The van der Waals surface area contributed by atoms with Crippen LogP contribution in [0.15, 0.2) is 47.4 Å². The predicted octanol–water partition coefficient (Wildman–Crippen LogP) is 2.24. The zero-order valence-corrected chi connectivity index (χ0v) is 15.6. The summed E-state index contributed by atoms with van der Waals surface area (Å²) in [6, 6.07) is 12.2. The Morgan fingerprint density at radius 3 is 2.74 bits per heavy atom. The molecule has 0 bridgehead atoms. The molecule has 0 aliphatic heterocycles. The van der Waals surface area contributed by atoms with Crippen molar-refractivity contribution in [3.63, 3.8) is 0 Å². The number of carbonyl (C=O) groups excluding carboxylic acids is 1. The topological polar surface area (TPSA) is 104 Å². The van der Waals surface area contributed by atoms with E-state index >= 15 is 0 Å². The number of para-hydroxylation sites is 2. The van der Waals surface area contributed by atoms with Gasteiger partial charge in [-0.25, -0.2) is 18.1 Å². The molecular weight excluding hydrogens is 364 g/mol. The first-order chi connectivity index (χ1) is 12.9. The minimum atomic E-state index is -3.60. The molecule has 0 unspecified atom stereocenters. The van der Waals surface area contributed by atoms with Gasteiger partial charge >= 0.3 is 0 Å². The average Bonchev–Trinajstić information content (AvgIpc) is 3.34. The van der Waals surface area contributed by atoms with Crippen LogP contribution in [0.1, 0.15) is 34.6 Å². The number of nitrogens with zero attached hydrogens (tertiary/aromatic N) is 1. The van der Waals surface area contributed by atoms with Crippen LogP contribution in [0.5, 0.6) is 0 Å². The van der Waals surface area contributed by atoms with E-state index in [9.17, 15) is 13.2 Å². The second-order valence-electron chi connectivity index (χ2n) is 6.76. The van der Waals surface area contributed by atoms with E-state index in [0.29, 0.717) is 17.0 Å². The number of carbonyl (C=O) groups is 1. The fraction of sp³-hybridized carbons (Fsp3) is 0.263. The van der Waals surface area contributed by atoms with E-state index < -0.39 is 10.0 Å². The highest BCUT2D eigenvalue weighted by molar-refractivity contribution is 7.89. The summed E-state index contributed by atoms with van der Waals surface area (Å²) in [5, 5.41) is 2.80. The number of benzene rings is 2. The summed E-state index contributed by atoms with van der Waals surface area (Å²) < 4.78 is 27.4. The maximum atomic E-state index is 12.6. The highest BCUT2D eigenvalue weighted by atomic mass is 32.2. The summed E-state index contributed by atoms with van der Waals surface area (Å²) in [5.74, 6) is 0.304. The molecule has 4 rings (SSSR count). The van der Waals surface area contributed by atoms with Gasteiger partial charge in [0.15, 0.2) is 0 Å². The van der Waals surface area contributed by atoms with Gasteiger partial charge in [0, 0.05) is 11.6 Å². The lowest BCUT2D eigenvalue weighted by Crippen LogP contribution is -2.27. The lowest BCUT2D eigenvalue weighted by Gasteiger charge is -2.10. The van der Waals surface area contributed by atoms with Crippen molar-refractivity contribution in [3.05, 3.63) is 59.4 Å². The lowest BCUT2D eigenvalue weighted by atomic mass is 10.1. The Morgan fingerprint density at radius 1 is 1.22 bits per heavy atom. The van der Waals surface area contributed by atoms with Crippen LogP contribution in [-0.4, -0.2) is 30.3 Å². The number of aryl methyl sites for hydroxylation is 1. The quantitative estimate of drug-likeness (QED) is 0.606. The van der Waals surface area contributed by atoms with Crippen molar-refractivity contribution in [1.82, 2.24) is 20.0 Å². The zero-order chi connectivity index (χ0) is 19.0. The van der Waals surface area contributed by atoms with Crippen LogP contribution >= 0.6 is 0 Å². The number of imidazole rings is 1. The van der Waals surface area contributed by atoms with Gasteiger partial charge in [-0.15, -0.1) is 0 Å². The molecule has 1 heterocycles. The Morgan fingerprint density at radius 2 is 2.00 bits per heavy atom. The first-order valence-electron chi connectivity index (χ1n) is 8.77. The van der Waals surface area contributed by atoms with Crippen LogP contribution in [0.4, 0.5) is 0 Å². The maximum absolute atomic E-state index is 12.6. The van der Waals surface area contributed by atoms with Crippen LogP contribution in [0, 0.1) is 6.92 Å². The maximum Gasteiger partial charge on any atom is 0.251 e. The number of nitrogens with one attached hydrogen (secondary N) is 3. The van der Waals surface area contributed by atoms with Crippen molar-refractivity contribution < 1.29 is 13.2 Å². The van der Waals surface area contributed by atoms with E-state index in [1.807, 2.05) is 24.3 Å². The van der Waals surface area contributed by atoms with Crippen LogP contribution in [0.25, 0.3) is 11.0 Å². The molecule has 1 aromatic heterocycles. The molecule has 1 amide bonds. The Balaban J connectivity index is 1.51. The molecule has 1 aliphatic rings. The number of aromatic nitrogens is 2. The molecule has 140 valence electrons. The third-order valence-corrected chi connectivity index (χ3v) is 6.04. The molecule has 1 fully saturated rings. The van der Waals surface area contributed by atoms with Crippen LogP contribution in [0.2, 0.25) is 0 Å². The molecule has 0 radical (unpaired) electrons. The largest absolute Gasteiger partial charge is 0.345 e. The van der Waals surface area contributed by atoms with Crippen molar-refractivity contribution >= 4 is 27.0 Å². The fourth-order valence-electron chi connectivity index (χ4n) is 2.85. The molecule has 0 spiro atoms. The van der Waals surface area contributed by atoms with Crippen LogP contribution < -0.4 is 10.0 Å². The summed E-state index contributed by atoms with van der Waals surface area (Å²) in [5.41, 5.74) is 2.78. The third kappa shape index (κ3) is 3.86. The van der Waals surface area contributed by atoms with Gasteiger partial charge in [-0.2, -0.15) is 0 Å². The number of aromatic amines is 1. The number of H-pyrrole nitrogens is 1. The minimum Gasteiger partial charge on any atom is -0.345 e. The molecule has 0 atom stereocenters. The summed E-state index contributed by atoms with van der Waals surface area (Å²) in [7, 11) is -3.60. The second-order valence-corrected chi connectivity index (χ2v) is 8.47. The normalized spacial score (nSPS) is 14.4. The number of amides is 1. The SMILES string of the molecule is Cc1ccc(S(=O)(=O)NC2CC2)cc1C(=O)NCc1nc2ccccc2[nH]1. The van der Waals surface area contributed by atoms with Crippen molar-refractivity contribution in [1.29, 1.82) is 0 Å². The summed E-state index contributed by atoms with van der Waals surface area (Å²) in [4.78, 5) is 20.3. The third-order valence-electron chi connectivity index (χ3n) is 4.52. The van der Waals surface area contributed by atoms with E-state index in [1.54, 1.807) is 13.0 Å². The van der Waals surface area contributed by atoms with Gasteiger partial charge in [-0.05, 0) is 49.6 Å². The highest BCUT2D eigenvalue weighted by Gasteiger charge is 2.28. The van der Waals surface area contributed by atoms with Gasteiger partial charge < -0.3 is 10.3 Å². The average molecular weight is 384 g/mol.